The summed E-state index contributed by atoms with van der Waals surface area (Å²) < 4.78 is 8.01. The van der Waals surface area contributed by atoms with Gasteiger partial charge in [-0.1, -0.05) is 70.2 Å². The summed E-state index contributed by atoms with van der Waals surface area (Å²) in [5, 5.41) is 14.5. The molecular formula is C46H46Cl2N8O5. The van der Waals surface area contributed by atoms with E-state index in [1.54, 1.807) is 59.4 Å². The number of hydrogen-bond acceptors (Lipinski definition) is 9. The van der Waals surface area contributed by atoms with Crippen molar-refractivity contribution in [3.8, 4) is 17.2 Å². The Balaban J connectivity index is 0.000000662. The molecule has 3 aromatic carbocycles. The van der Waals surface area contributed by atoms with Crippen LogP contribution in [0, 0.1) is 6.92 Å². The van der Waals surface area contributed by atoms with Gasteiger partial charge in [0.1, 0.15) is 17.3 Å². The summed E-state index contributed by atoms with van der Waals surface area (Å²) in [4.78, 5) is 60.6. The number of pyridine rings is 3. The van der Waals surface area contributed by atoms with Gasteiger partial charge in [0.25, 0.3) is 11.1 Å². The van der Waals surface area contributed by atoms with Crippen molar-refractivity contribution in [3.63, 3.8) is 0 Å². The zero-order valence-corrected chi connectivity index (χ0v) is 34.8. The van der Waals surface area contributed by atoms with Crippen LogP contribution in [0.1, 0.15) is 65.9 Å². The van der Waals surface area contributed by atoms with Gasteiger partial charge >= 0.3 is 6.03 Å². The number of halogens is 2. The van der Waals surface area contributed by atoms with Crippen molar-refractivity contribution in [3.05, 3.63) is 162 Å². The van der Waals surface area contributed by atoms with E-state index in [4.69, 9.17) is 21.4 Å². The van der Waals surface area contributed by atoms with Crippen LogP contribution in [0.4, 0.5) is 16.3 Å². The minimum atomic E-state index is -0.447. The third-order valence-electron chi connectivity index (χ3n) is 8.82. The summed E-state index contributed by atoms with van der Waals surface area (Å²) in [7, 11) is 0. The quantitative estimate of drug-likeness (QED) is 0.107. The second kappa shape index (κ2) is 21.3. The average molecular weight is 862 g/mol. The van der Waals surface area contributed by atoms with E-state index in [0.717, 1.165) is 27.7 Å². The predicted octanol–water partition coefficient (Wildman–Crippen LogP) is 9.92. The normalized spacial score (nSPS) is 10.5. The van der Waals surface area contributed by atoms with Gasteiger partial charge in [0.05, 0.1) is 35.7 Å². The minimum Gasteiger partial charge on any atom is -0.457 e. The second-order valence-electron chi connectivity index (χ2n) is 14.4. The number of aryl methyl sites for hydroxylation is 1. The van der Waals surface area contributed by atoms with Gasteiger partial charge < -0.3 is 15.4 Å². The molecule has 15 heteroatoms. The molecule has 0 atom stereocenters. The Hall–Kier alpha value is -6.96. The molecule has 0 aliphatic rings. The van der Waals surface area contributed by atoms with E-state index >= 15 is 0 Å². The maximum atomic E-state index is 13.4. The van der Waals surface area contributed by atoms with Gasteiger partial charge in [-0.3, -0.25) is 34.7 Å². The van der Waals surface area contributed by atoms with E-state index in [9.17, 15) is 19.2 Å². The van der Waals surface area contributed by atoms with E-state index in [0.29, 0.717) is 39.8 Å². The van der Waals surface area contributed by atoms with Crippen molar-refractivity contribution in [1.29, 1.82) is 0 Å². The molecule has 61 heavy (non-hydrogen) atoms. The van der Waals surface area contributed by atoms with E-state index < -0.39 is 11.3 Å². The summed E-state index contributed by atoms with van der Waals surface area (Å²) in [5.74, 6) is 1.05. The van der Waals surface area contributed by atoms with Gasteiger partial charge in [-0.25, -0.2) is 9.48 Å². The highest BCUT2D eigenvalue weighted by molar-refractivity contribution is 6.67. The number of ketones is 1. The second-order valence-corrected chi connectivity index (χ2v) is 14.7. The molecule has 0 saturated heterocycles. The van der Waals surface area contributed by atoms with Crippen LogP contribution in [0.5, 0.6) is 11.5 Å². The molecule has 0 fully saturated rings. The third-order valence-corrected chi connectivity index (χ3v) is 9.04. The fourth-order valence-corrected chi connectivity index (χ4v) is 5.86. The summed E-state index contributed by atoms with van der Waals surface area (Å²) in [5.41, 5.74) is 4.59. The van der Waals surface area contributed by atoms with Crippen LogP contribution >= 0.6 is 24.0 Å². The Morgan fingerprint density at radius 1 is 0.754 bits per heavy atom. The number of carbonyl (C=O) groups excluding carboxylic acids is 4. The lowest BCUT2D eigenvalue weighted by atomic mass is 9.92. The monoisotopic (exact) mass is 860 g/mol. The summed E-state index contributed by atoms with van der Waals surface area (Å²) in [6.07, 6.45) is 7.67. The van der Waals surface area contributed by atoms with Crippen molar-refractivity contribution in [2.45, 2.75) is 47.0 Å². The topological polar surface area (TPSA) is 170 Å². The molecule has 3 amide bonds. The molecule has 0 radical (unpaired) electrons. The lowest BCUT2D eigenvalue weighted by molar-refractivity contribution is -0.117. The fraction of sp³-hybridized carbons (Fsp3) is 0.174. The molecule has 314 valence electrons. The Morgan fingerprint density at radius 2 is 1.39 bits per heavy atom. The smallest absolute Gasteiger partial charge is 0.324 e. The van der Waals surface area contributed by atoms with Crippen molar-refractivity contribution < 1.29 is 23.9 Å². The average Bonchev–Trinajstić information content (AvgIpc) is 3.66. The van der Waals surface area contributed by atoms with Crippen LogP contribution in [-0.4, -0.2) is 54.2 Å². The molecule has 7 rings (SSSR count). The van der Waals surface area contributed by atoms with Gasteiger partial charge in [-0.15, -0.1) is 12.4 Å². The van der Waals surface area contributed by atoms with Gasteiger partial charge in [-0.05, 0) is 73.1 Å². The largest absolute Gasteiger partial charge is 0.457 e. The zero-order chi connectivity index (χ0) is 41.9. The van der Waals surface area contributed by atoms with E-state index in [1.807, 2.05) is 61.5 Å². The Bertz CT molecular complexity index is 2600. The first kappa shape index (κ1) is 46.7. The molecule has 4 heterocycles. The van der Waals surface area contributed by atoms with E-state index in [2.05, 4.69) is 51.7 Å². The minimum absolute atomic E-state index is 0. The molecule has 7 aromatic rings. The Kier molecular flexibility index (Phi) is 16.3. The lowest BCUT2D eigenvalue weighted by Gasteiger charge is -2.14. The number of hydrogen-bond donors (Lipinski definition) is 3. The highest BCUT2D eigenvalue weighted by Crippen LogP contribution is 2.35. The third kappa shape index (κ3) is 12.8. The summed E-state index contributed by atoms with van der Waals surface area (Å²) in [6.45, 7) is 8.12. The van der Waals surface area contributed by atoms with Crippen LogP contribution in [0.3, 0.4) is 0 Å². The maximum absolute atomic E-state index is 13.4. The van der Waals surface area contributed by atoms with E-state index in [1.165, 1.54) is 24.8 Å². The van der Waals surface area contributed by atoms with Crippen LogP contribution < -0.4 is 20.7 Å². The lowest BCUT2D eigenvalue weighted by Crippen LogP contribution is -2.30. The molecule has 3 N–H and O–H groups in total. The molecule has 13 nitrogen and oxygen atoms in total. The molecule has 0 saturated carbocycles. The summed E-state index contributed by atoms with van der Waals surface area (Å²) >= 11 is 5.14. The summed E-state index contributed by atoms with van der Waals surface area (Å²) in [6, 6.07) is 30.3. The number of fused-ring (bicyclic) bond motifs is 1. The number of ether oxygens (including phenoxy) is 1. The first-order valence-electron chi connectivity index (χ1n) is 18.5. The van der Waals surface area contributed by atoms with Crippen molar-refractivity contribution in [1.82, 2.24) is 30.0 Å². The number of benzene rings is 3. The van der Waals surface area contributed by atoms with Crippen LogP contribution in [0.25, 0.3) is 16.5 Å². The highest BCUT2D eigenvalue weighted by atomic mass is 35.5. The van der Waals surface area contributed by atoms with E-state index in [-0.39, 0.29) is 49.9 Å². The number of aromatic nitrogens is 5. The first-order chi connectivity index (χ1) is 28.3. The van der Waals surface area contributed by atoms with Gasteiger partial charge in [0.2, 0.25) is 0 Å². The molecule has 0 spiro atoms. The van der Waals surface area contributed by atoms with Crippen molar-refractivity contribution in [2.75, 3.05) is 17.2 Å². The number of nitrogens with one attached hydrogen (secondary N) is 3. The van der Waals surface area contributed by atoms with Crippen molar-refractivity contribution in [2.24, 2.45) is 0 Å². The standard InChI is InChI=1S/C39H37N7O4.C6H4ClNO.CH4.ClH/c1-25-9-11-28(12-10-25)46-36(23-35(45-46)39(2,3)4)44-38(49)43-33-13-14-34(32-8-6-5-7-31(32)33)50-30-17-20-41-27(22-30)21-29(47)24-42-37(48)26-15-18-40-19-16-26;7-6(9)5-1-3-8-4-2-5;;/h5-20,22-23H,21,24H2,1-4H3,(H,42,48)(H2,43,44,49);1-4H;1H4;1H. The first-order valence-corrected chi connectivity index (χ1v) is 18.9. The molecule has 0 unspecified atom stereocenters. The Morgan fingerprint density at radius 3 is 2.02 bits per heavy atom. The number of anilines is 2. The van der Waals surface area contributed by atoms with Gasteiger partial charge in [0.15, 0.2) is 5.78 Å². The Labute approximate surface area is 365 Å². The molecular weight excluding hydrogens is 815 g/mol. The van der Waals surface area contributed by atoms with Crippen LogP contribution in [0.15, 0.2) is 134 Å². The number of urea groups is 1. The number of carbonyl (C=O) groups is 4. The number of rotatable bonds is 11. The van der Waals surface area contributed by atoms with Gasteiger partial charge in [-0.2, -0.15) is 5.10 Å². The molecule has 0 aliphatic carbocycles. The number of Topliss-reactive ketones (excluding diaryl/α,β-unsaturated/α-hetero) is 1. The molecule has 0 bridgehead atoms. The fourth-order valence-electron chi connectivity index (χ4n) is 5.73. The number of nitrogens with zero attached hydrogens (tertiary/aromatic N) is 5. The molecule has 0 aliphatic heterocycles. The SMILES string of the molecule is C.Cc1ccc(-n2nc(C(C)(C)C)cc2NC(=O)Nc2ccc(Oc3ccnc(CC(=O)CNC(=O)c4ccncc4)c3)c3ccccc23)cc1.Cl.O=C(Cl)c1ccncc1. The predicted molar refractivity (Wildman–Crippen MR) is 242 cm³/mol. The zero-order valence-electron chi connectivity index (χ0n) is 33.2. The molecule has 4 aromatic heterocycles. The maximum Gasteiger partial charge on any atom is 0.324 e. The van der Waals surface area contributed by atoms with Crippen LogP contribution in [0.2, 0.25) is 0 Å². The number of amides is 3. The van der Waals surface area contributed by atoms with Gasteiger partial charge in [0, 0.05) is 70.4 Å². The van der Waals surface area contributed by atoms with Crippen molar-refractivity contribution >= 4 is 69.2 Å². The highest BCUT2D eigenvalue weighted by Gasteiger charge is 2.22. The van der Waals surface area contributed by atoms with Crippen LogP contribution in [-0.2, 0) is 16.6 Å².